The van der Waals surface area contributed by atoms with Crippen molar-refractivity contribution < 1.29 is 23.5 Å². The Morgan fingerprint density at radius 3 is 2.65 bits per heavy atom. The second-order valence-corrected chi connectivity index (χ2v) is 7.47. The molecule has 0 bridgehead atoms. The van der Waals surface area contributed by atoms with Crippen molar-refractivity contribution in [3.63, 3.8) is 0 Å². The summed E-state index contributed by atoms with van der Waals surface area (Å²) in [5, 5.41) is 9.85. The number of carbonyl (C=O) groups is 2. The summed E-state index contributed by atoms with van der Waals surface area (Å²) < 4.78 is 28.1. The van der Waals surface area contributed by atoms with Crippen LogP contribution in [0, 0.1) is 11.6 Å². The number of ketones is 1. The van der Waals surface area contributed by atoms with Crippen molar-refractivity contribution in [2.45, 2.75) is 31.2 Å². The van der Waals surface area contributed by atoms with Crippen molar-refractivity contribution in [3.8, 4) is 0 Å². The molecule has 1 aliphatic rings. The molecule has 2 atom stereocenters. The summed E-state index contributed by atoms with van der Waals surface area (Å²) in [6.45, 7) is 0.469. The van der Waals surface area contributed by atoms with Gasteiger partial charge in [-0.15, -0.1) is 0 Å². The van der Waals surface area contributed by atoms with Gasteiger partial charge in [0.05, 0.1) is 6.21 Å². The summed E-state index contributed by atoms with van der Waals surface area (Å²) in [5.74, 6) is -3.57. The van der Waals surface area contributed by atoms with E-state index in [1.54, 1.807) is 4.90 Å². The molecule has 162 valence electrons. The lowest BCUT2D eigenvalue weighted by Crippen LogP contribution is -2.36. The predicted octanol–water partition coefficient (Wildman–Crippen LogP) is 4.19. The molecule has 2 aromatic carbocycles. The number of aliphatic imine (C=N–C) groups is 1. The Hall–Kier alpha value is -3.35. The van der Waals surface area contributed by atoms with Crippen molar-refractivity contribution in [3.05, 3.63) is 83.1 Å². The fourth-order valence-corrected chi connectivity index (χ4v) is 4.01. The molecule has 1 saturated heterocycles. The van der Waals surface area contributed by atoms with Crippen LogP contribution in [0.25, 0.3) is 0 Å². The van der Waals surface area contributed by atoms with Crippen LogP contribution in [-0.4, -0.2) is 47.5 Å². The summed E-state index contributed by atoms with van der Waals surface area (Å²) in [4.78, 5) is 29.5. The largest absolute Gasteiger partial charge is 0.504 e. The molecule has 1 fully saturated rings. The van der Waals surface area contributed by atoms with Crippen LogP contribution in [0.15, 0.2) is 65.4 Å². The lowest BCUT2D eigenvalue weighted by atomic mass is 9.85. The van der Waals surface area contributed by atoms with E-state index in [2.05, 4.69) is 4.99 Å². The molecule has 2 aromatic rings. The zero-order chi connectivity index (χ0) is 22.4. The molecule has 31 heavy (non-hydrogen) atoms. The molecule has 7 heteroatoms. The van der Waals surface area contributed by atoms with E-state index in [-0.39, 0.29) is 12.0 Å². The van der Waals surface area contributed by atoms with Crippen molar-refractivity contribution in [1.29, 1.82) is 0 Å². The number of halogens is 2. The number of Topliss-reactive ketones (excluding diaryl/α,β-unsaturated/α-hetero) is 1. The molecular weight excluding hydrogens is 402 g/mol. The molecule has 0 spiro atoms. The van der Waals surface area contributed by atoms with Gasteiger partial charge in [0.15, 0.2) is 5.76 Å². The first-order valence-electron chi connectivity index (χ1n) is 10.1. The average Bonchev–Trinajstić information content (AvgIpc) is 3.22. The maximum Gasteiger partial charge on any atom is 0.250 e. The van der Waals surface area contributed by atoms with E-state index in [9.17, 15) is 23.5 Å². The first-order valence-corrected chi connectivity index (χ1v) is 10.1. The number of hydrogen-bond donors (Lipinski definition) is 1. The van der Waals surface area contributed by atoms with Crippen LogP contribution >= 0.6 is 0 Å². The standard InChI is InChI=1S/C24H24F2N2O3/c1-27-15-23(30)22(29)14-24(31)28-11-5-8-18(28)13-20(16-6-3-2-4-7-16)19-10-9-17(25)12-21(19)26/h2-4,6-7,9-10,12,14-15,18,20,29H,5,8,11,13H2,1H3/b22-14-,27-15?/t18-,20+/m1/s1. The van der Waals surface area contributed by atoms with E-state index in [0.29, 0.717) is 24.9 Å². The lowest BCUT2D eigenvalue weighted by molar-refractivity contribution is -0.127. The normalized spacial score (nSPS) is 17.8. The minimum atomic E-state index is -0.748. The van der Waals surface area contributed by atoms with Gasteiger partial charge < -0.3 is 10.0 Å². The van der Waals surface area contributed by atoms with Gasteiger partial charge in [-0.25, -0.2) is 8.78 Å². The Labute approximate surface area is 179 Å². The van der Waals surface area contributed by atoms with Crippen molar-refractivity contribution in [2.24, 2.45) is 4.99 Å². The van der Waals surface area contributed by atoms with E-state index in [1.165, 1.54) is 19.2 Å². The van der Waals surface area contributed by atoms with E-state index in [4.69, 9.17) is 0 Å². The van der Waals surface area contributed by atoms with Gasteiger partial charge in [0.1, 0.15) is 11.6 Å². The van der Waals surface area contributed by atoms with Gasteiger partial charge in [-0.05, 0) is 36.5 Å². The first kappa shape index (κ1) is 22.3. The third kappa shape index (κ3) is 5.42. The number of likely N-dealkylation sites (tertiary alicyclic amines) is 1. The highest BCUT2D eigenvalue weighted by molar-refractivity contribution is 6.34. The highest BCUT2D eigenvalue weighted by Gasteiger charge is 2.32. The number of aliphatic hydroxyl groups is 1. The fourth-order valence-electron chi connectivity index (χ4n) is 4.01. The zero-order valence-electron chi connectivity index (χ0n) is 17.2. The number of aliphatic hydroxyl groups excluding tert-OH is 1. The summed E-state index contributed by atoms with van der Waals surface area (Å²) >= 11 is 0. The number of amides is 1. The van der Waals surface area contributed by atoms with Crippen LogP contribution in [0.1, 0.15) is 36.3 Å². The number of benzene rings is 2. The number of carbonyl (C=O) groups excluding carboxylic acids is 2. The minimum Gasteiger partial charge on any atom is -0.504 e. The Kier molecular flexibility index (Phi) is 7.28. The predicted molar refractivity (Wildman–Crippen MR) is 114 cm³/mol. The fraction of sp³-hybridized carbons (Fsp3) is 0.292. The maximum atomic E-state index is 14.6. The summed E-state index contributed by atoms with van der Waals surface area (Å²) in [5.41, 5.74) is 1.22. The van der Waals surface area contributed by atoms with E-state index in [1.807, 2.05) is 30.3 Å². The number of nitrogens with zero attached hydrogens (tertiary/aromatic N) is 2. The van der Waals surface area contributed by atoms with Gasteiger partial charge in [0.25, 0.3) is 5.91 Å². The highest BCUT2D eigenvalue weighted by Crippen LogP contribution is 2.35. The molecule has 0 radical (unpaired) electrons. The van der Waals surface area contributed by atoms with Gasteiger partial charge in [-0.1, -0.05) is 36.4 Å². The van der Waals surface area contributed by atoms with Crippen molar-refractivity contribution >= 4 is 17.9 Å². The third-order valence-corrected chi connectivity index (χ3v) is 5.47. The van der Waals surface area contributed by atoms with Crippen molar-refractivity contribution in [1.82, 2.24) is 4.90 Å². The molecule has 0 unspecified atom stereocenters. The van der Waals surface area contributed by atoms with Crippen LogP contribution in [0.2, 0.25) is 0 Å². The van der Waals surface area contributed by atoms with Crippen molar-refractivity contribution in [2.75, 3.05) is 13.6 Å². The summed E-state index contributed by atoms with van der Waals surface area (Å²) in [6.07, 6.45) is 3.72. The lowest BCUT2D eigenvalue weighted by Gasteiger charge is -2.28. The molecular formula is C24H24F2N2O3. The van der Waals surface area contributed by atoms with Crippen LogP contribution in [0.5, 0.6) is 0 Å². The monoisotopic (exact) mass is 426 g/mol. The smallest absolute Gasteiger partial charge is 0.250 e. The van der Waals surface area contributed by atoms with Crippen LogP contribution in [-0.2, 0) is 9.59 Å². The van der Waals surface area contributed by atoms with Crippen LogP contribution < -0.4 is 0 Å². The van der Waals surface area contributed by atoms with E-state index in [0.717, 1.165) is 30.3 Å². The number of rotatable bonds is 7. The third-order valence-electron chi connectivity index (χ3n) is 5.47. The Balaban J connectivity index is 1.87. The van der Waals surface area contributed by atoms with Gasteiger partial charge in [0, 0.05) is 37.7 Å². The summed E-state index contributed by atoms with van der Waals surface area (Å²) in [7, 11) is 1.39. The second kappa shape index (κ2) is 10.1. The van der Waals surface area contributed by atoms with E-state index < -0.39 is 29.1 Å². The highest BCUT2D eigenvalue weighted by atomic mass is 19.1. The Morgan fingerprint density at radius 2 is 1.97 bits per heavy atom. The van der Waals surface area contributed by atoms with Gasteiger partial charge in [-0.3, -0.25) is 14.6 Å². The van der Waals surface area contributed by atoms with Gasteiger partial charge in [-0.2, -0.15) is 0 Å². The van der Waals surface area contributed by atoms with Crippen LogP contribution in [0.3, 0.4) is 0 Å². The van der Waals surface area contributed by atoms with Gasteiger partial charge >= 0.3 is 0 Å². The molecule has 1 aliphatic heterocycles. The zero-order valence-corrected chi connectivity index (χ0v) is 17.2. The molecule has 5 nitrogen and oxygen atoms in total. The molecule has 0 aliphatic carbocycles. The average molecular weight is 426 g/mol. The second-order valence-electron chi connectivity index (χ2n) is 7.47. The van der Waals surface area contributed by atoms with Gasteiger partial charge in [0.2, 0.25) is 5.78 Å². The Bertz CT molecular complexity index is 1010. The van der Waals surface area contributed by atoms with Crippen LogP contribution in [0.4, 0.5) is 8.78 Å². The van der Waals surface area contributed by atoms with E-state index >= 15 is 0 Å². The molecule has 0 aromatic heterocycles. The molecule has 3 rings (SSSR count). The molecule has 1 amide bonds. The molecule has 0 saturated carbocycles. The molecule has 1 heterocycles. The maximum absolute atomic E-state index is 14.6. The topological polar surface area (TPSA) is 70.0 Å². The minimum absolute atomic E-state index is 0.221. The summed E-state index contributed by atoms with van der Waals surface area (Å²) in [6, 6.07) is 12.6. The SMILES string of the molecule is CN=CC(=O)/C(O)=C/C(=O)N1CCC[C@@H]1C[C@@H](c1ccccc1)c1ccc(F)cc1F. The number of allylic oxidation sites excluding steroid dienone is 1. The Morgan fingerprint density at radius 1 is 1.23 bits per heavy atom. The molecule has 1 N–H and O–H groups in total. The first-order chi connectivity index (χ1) is 14.9. The number of hydrogen-bond acceptors (Lipinski definition) is 4. The quantitative estimate of drug-likeness (QED) is 0.410.